The summed E-state index contributed by atoms with van der Waals surface area (Å²) in [5.41, 5.74) is 5.51. The van der Waals surface area contributed by atoms with Crippen molar-refractivity contribution in [2.75, 3.05) is 13.2 Å². The van der Waals surface area contributed by atoms with Crippen LogP contribution in [0.3, 0.4) is 0 Å². The van der Waals surface area contributed by atoms with Crippen LogP contribution in [0.15, 0.2) is 48.5 Å². The Hall–Kier alpha value is -3.90. The normalized spacial score (nSPS) is 13.7. The number of benzene rings is 2. The standard InChI is InChI=1S/C26H30F2N6O4.CH4/c1-26(2,29)24(35)30-21(16-37-14-17-7-4-3-5-8-17)23-32-31-22-13-33(11-12-34(22)23)25(36)38-15-18-19(27)9-6-10-20(18)28;/h3-10,21H,11-16,29H2,1-2H3,(H,30,35);1H4/t21-;/m1./s1. The number of hydrogen-bond acceptors (Lipinski definition) is 7. The molecule has 10 nitrogen and oxygen atoms in total. The number of halogens is 2. The fraction of sp³-hybridized carbons (Fsp3) is 0.407. The Morgan fingerprint density at radius 3 is 2.41 bits per heavy atom. The summed E-state index contributed by atoms with van der Waals surface area (Å²) in [5.74, 6) is -1.03. The summed E-state index contributed by atoms with van der Waals surface area (Å²) in [6, 6.07) is 12.4. The van der Waals surface area contributed by atoms with Crippen LogP contribution in [-0.2, 0) is 40.6 Å². The number of ether oxygens (including phenoxy) is 2. The van der Waals surface area contributed by atoms with E-state index in [0.29, 0.717) is 24.8 Å². The van der Waals surface area contributed by atoms with Crippen LogP contribution in [0.4, 0.5) is 13.6 Å². The Kier molecular flexibility index (Phi) is 9.71. The van der Waals surface area contributed by atoms with Gasteiger partial charge in [0.15, 0.2) is 11.6 Å². The van der Waals surface area contributed by atoms with Crippen molar-refractivity contribution in [1.82, 2.24) is 25.0 Å². The zero-order chi connectivity index (χ0) is 27.3. The van der Waals surface area contributed by atoms with Crippen LogP contribution in [0.1, 0.15) is 50.1 Å². The molecule has 0 aliphatic carbocycles. The molecular formula is C27H34F2N6O4. The number of carbonyl (C=O) groups is 2. The first kappa shape index (κ1) is 29.7. The first-order valence-electron chi connectivity index (χ1n) is 12.1. The van der Waals surface area contributed by atoms with Crippen molar-refractivity contribution in [2.24, 2.45) is 5.73 Å². The number of nitrogens with one attached hydrogen (secondary N) is 1. The lowest BCUT2D eigenvalue weighted by atomic mass is 10.1. The van der Waals surface area contributed by atoms with Crippen molar-refractivity contribution in [3.8, 4) is 0 Å². The summed E-state index contributed by atoms with van der Waals surface area (Å²) in [7, 11) is 0. The molecule has 1 aliphatic rings. The van der Waals surface area contributed by atoms with E-state index < -0.39 is 35.9 Å². The average Bonchev–Trinajstić information content (AvgIpc) is 3.31. The SMILES string of the molecule is C.CC(C)(N)C(=O)N[C@H](COCc1ccccc1)c1nnc2n1CCN(C(=O)OCc1c(F)cccc1F)C2. The summed E-state index contributed by atoms with van der Waals surface area (Å²) in [5, 5.41) is 11.4. The Morgan fingerprint density at radius 2 is 1.74 bits per heavy atom. The molecule has 39 heavy (non-hydrogen) atoms. The quantitative estimate of drug-likeness (QED) is 0.423. The van der Waals surface area contributed by atoms with Crippen LogP contribution in [-0.4, -0.2) is 50.4 Å². The second-order valence-corrected chi connectivity index (χ2v) is 9.55. The van der Waals surface area contributed by atoms with Gasteiger partial charge in [-0.05, 0) is 31.5 Å². The fourth-order valence-corrected chi connectivity index (χ4v) is 3.88. The van der Waals surface area contributed by atoms with Crippen LogP contribution in [0.2, 0.25) is 0 Å². The van der Waals surface area contributed by atoms with Gasteiger partial charge in [0.1, 0.15) is 24.3 Å². The first-order valence-corrected chi connectivity index (χ1v) is 12.1. The lowest BCUT2D eigenvalue weighted by Crippen LogP contribution is -2.51. The zero-order valence-corrected chi connectivity index (χ0v) is 21.2. The maximum Gasteiger partial charge on any atom is 0.410 e. The summed E-state index contributed by atoms with van der Waals surface area (Å²) >= 11 is 0. The van der Waals surface area contributed by atoms with Crippen LogP contribution in [0.25, 0.3) is 0 Å². The van der Waals surface area contributed by atoms with Gasteiger partial charge in [-0.1, -0.05) is 43.8 Å². The highest BCUT2D eigenvalue weighted by molar-refractivity contribution is 5.85. The highest BCUT2D eigenvalue weighted by Gasteiger charge is 2.32. The first-order chi connectivity index (χ1) is 18.1. The molecule has 0 radical (unpaired) electrons. The monoisotopic (exact) mass is 544 g/mol. The third-order valence-corrected chi connectivity index (χ3v) is 6.04. The van der Waals surface area contributed by atoms with Crippen molar-refractivity contribution in [3.63, 3.8) is 0 Å². The Labute approximate surface area is 226 Å². The van der Waals surface area contributed by atoms with Gasteiger partial charge in [0.2, 0.25) is 5.91 Å². The zero-order valence-electron chi connectivity index (χ0n) is 21.2. The van der Waals surface area contributed by atoms with E-state index in [-0.39, 0.29) is 38.6 Å². The lowest BCUT2D eigenvalue weighted by molar-refractivity contribution is -0.126. The highest BCUT2D eigenvalue weighted by Crippen LogP contribution is 2.21. The second kappa shape index (κ2) is 12.8. The molecule has 1 atom stereocenters. The van der Waals surface area contributed by atoms with Crippen LogP contribution in [0.5, 0.6) is 0 Å². The molecule has 2 aromatic carbocycles. The van der Waals surface area contributed by atoms with Crippen LogP contribution in [0, 0.1) is 11.6 Å². The number of fused-ring (bicyclic) bond motifs is 1. The van der Waals surface area contributed by atoms with E-state index in [9.17, 15) is 18.4 Å². The van der Waals surface area contributed by atoms with Gasteiger partial charge in [0, 0.05) is 13.1 Å². The molecule has 210 valence electrons. The largest absolute Gasteiger partial charge is 0.444 e. The number of hydrogen-bond donors (Lipinski definition) is 2. The van der Waals surface area contributed by atoms with Gasteiger partial charge in [0.05, 0.1) is 30.9 Å². The van der Waals surface area contributed by atoms with E-state index in [2.05, 4.69) is 15.5 Å². The molecule has 0 saturated carbocycles. The molecule has 0 saturated heterocycles. The maximum atomic E-state index is 13.9. The van der Waals surface area contributed by atoms with E-state index in [4.69, 9.17) is 15.2 Å². The number of nitrogens with zero attached hydrogens (tertiary/aromatic N) is 4. The molecule has 2 heterocycles. The van der Waals surface area contributed by atoms with Gasteiger partial charge >= 0.3 is 6.09 Å². The van der Waals surface area contributed by atoms with Gasteiger partial charge in [0.25, 0.3) is 0 Å². The van der Waals surface area contributed by atoms with Crippen molar-refractivity contribution in [1.29, 1.82) is 0 Å². The molecule has 0 unspecified atom stereocenters. The second-order valence-electron chi connectivity index (χ2n) is 9.55. The van der Waals surface area contributed by atoms with E-state index in [1.165, 1.54) is 11.0 Å². The molecule has 0 fully saturated rings. The van der Waals surface area contributed by atoms with Gasteiger partial charge in [-0.2, -0.15) is 0 Å². The number of carbonyl (C=O) groups excluding carboxylic acids is 2. The van der Waals surface area contributed by atoms with Gasteiger partial charge < -0.3 is 25.1 Å². The van der Waals surface area contributed by atoms with Crippen molar-refractivity contribution >= 4 is 12.0 Å². The van der Waals surface area contributed by atoms with E-state index in [0.717, 1.165) is 17.7 Å². The summed E-state index contributed by atoms with van der Waals surface area (Å²) in [4.78, 5) is 26.6. The van der Waals surface area contributed by atoms with Gasteiger partial charge in [-0.25, -0.2) is 13.6 Å². The average molecular weight is 545 g/mol. The molecule has 4 rings (SSSR count). The minimum Gasteiger partial charge on any atom is -0.444 e. The molecule has 12 heteroatoms. The van der Waals surface area contributed by atoms with Gasteiger partial charge in [-0.15, -0.1) is 10.2 Å². The predicted octanol–water partition coefficient (Wildman–Crippen LogP) is 3.46. The highest BCUT2D eigenvalue weighted by atomic mass is 19.1. The molecule has 2 amide bonds. The number of aromatic nitrogens is 3. The summed E-state index contributed by atoms with van der Waals surface area (Å²) in [6.45, 7) is 3.74. The summed E-state index contributed by atoms with van der Waals surface area (Å²) < 4.78 is 40.5. The van der Waals surface area contributed by atoms with E-state index >= 15 is 0 Å². The Balaban J connectivity index is 0.00000420. The molecule has 3 N–H and O–H groups in total. The maximum absolute atomic E-state index is 13.9. The molecule has 0 spiro atoms. The summed E-state index contributed by atoms with van der Waals surface area (Å²) in [6.07, 6.45) is -0.732. The minimum atomic E-state index is -1.12. The molecule has 0 bridgehead atoms. The number of amides is 2. The minimum absolute atomic E-state index is 0. The van der Waals surface area contributed by atoms with Crippen LogP contribution < -0.4 is 11.1 Å². The number of nitrogens with two attached hydrogens (primary N) is 1. The van der Waals surface area contributed by atoms with E-state index in [1.54, 1.807) is 18.4 Å². The van der Waals surface area contributed by atoms with Crippen molar-refractivity contribution < 1.29 is 27.8 Å². The molecular weight excluding hydrogens is 510 g/mol. The van der Waals surface area contributed by atoms with Crippen LogP contribution >= 0.6 is 0 Å². The lowest BCUT2D eigenvalue weighted by Gasteiger charge is -2.29. The smallest absolute Gasteiger partial charge is 0.410 e. The third kappa shape index (κ3) is 7.36. The van der Waals surface area contributed by atoms with Gasteiger partial charge in [-0.3, -0.25) is 9.69 Å². The van der Waals surface area contributed by atoms with Crippen molar-refractivity contribution in [2.45, 2.75) is 59.2 Å². The third-order valence-electron chi connectivity index (χ3n) is 6.04. The molecule has 3 aromatic rings. The topological polar surface area (TPSA) is 125 Å². The fourth-order valence-electron chi connectivity index (χ4n) is 3.88. The van der Waals surface area contributed by atoms with Crippen molar-refractivity contribution in [3.05, 3.63) is 82.9 Å². The Bertz CT molecular complexity index is 1260. The van der Waals surface area contributed by atoms with E-state index in [1.807, 2.05) is 30.3 Å². The predicted molar refractivity (Wildman–Crippen MR) is 139 cm³/mol. The molecule has 1 aliphatic heterocycles. The Morgan fingerprint density at radius 1 is 1.05 bits per heavy atom. The number of rotatable bonds is 9. The molecule has 1 aromatic heterocycles.